The van der Waals surface area contributed by atoms with E-state index in [2.05, 4.69) is 15.6 Å². The summed E-state index contributed by atoms with van der Waals surface area (Å²) in [4.78, 5) is 28.6. The molecule has 0 aliphatic rings. The molecule has 3 aromatic rings. The van der Waals surface area contributed by atoms with E-state index < -0.39 is 17.6 Å². The zero-order valence-corrected chi connectivity index (χ0v) is 14.8. The average molecular weight is 384 g/mol. The predicted octanol–water partition coefficient (Wildman–Crippen LogP) is 4.06. The molecule has 5 nitrogen and oxygen atoms in total. The second kappa shape index (κ2) is 8.42. The number of halogens is 2. The Bertz CT molecular complexity index is 994. The predicted molar refractivity (Wildman–Crippen MR) is 101 cm³/mol. The highest BCUT2D eigenvalue weighted by molar-refractivity contribution is 6.31. The zero-order valence-electron chi connectivity index (χ0n) is 14.1. The number of carbonyl (C=O) groups excluding carboxylic acids is 2. The fourth-order valence-corrected chi connectivity index (χ4v) is 2.58. The maximum atomic E-state index is 13.2. The first-order valence-corrected chi connectivity index (χ1v) is 8.45. The monoisotopic (exact) mass is 383 g/mol. The first-order chi connectivity index (χ1) is 13.0. The Kier molecular flexibility index (Phi) is 5.78. The molecule has 0 fully saturated rings. The molecule has 2 N–H and O–H groups in total. The fourth-order valence-electron chi connectivity index (χ4n) is 2.37. The summed E-state index contributed by atoms with van der Waals surface area (Å²) >= 11 is 6.06. The molecule has 136 valence electrons. The van der Waals surface area contributed by atoms with Crippen LogP contribution in [0.2, 0.25) is 5.02 Å². The van der Waals surface area contributed by atoms with E-state index in [0.717, 1.165) is 5.56 Å². The van der Waals surface area contributed by atoms with Crippen molar-refractivity contribution in [1.82, 2.24) is 10.3 Å². The van der Waals surface area contributed by atoms with E-state index in [0.29, 0.717) is 10.7 Å². The van der Waals surface area contributed by atoms with Crippen molar-refractivity contribution < 1.29 is 14.0 Å². The molecule has 0 unspecified atom stereocenters. The molecule has 1 heterocycles. The first kappa shape index (κ1) is 18.5. The Labute approximate surface area is 160 Å². The van der Waals surface area contributed by atoms with Crippen LogP contribution in [0, 0.1) is 5.82 Å². The van der Waals surface area contributed by atoms with Gasteiger partial charge in [0.05, 0.1) is 0 Å². The summed E-state index contributed by atoms with van der Waals surface area (Å²) in [6.45, 7) is 0.236. The Morgan fingerprint density at radius 2 is 1.81 bits per heavy atom. The van der Waals surface area contributed by atoms with Gasteiger partial charge in [-0.1, -0.05) is 35.9 Å². The molecule has 0 radical (unpaired) electrons. The van der Waals surface area contributed by atoms with E-state index in [-0.39, 0.29) is 17.8 Å². The largest absolute Gasteiger partial charge is 0.347 e. The van der Waals surface area contributed by atoms with Crippen LogP contribution in [0.3, 0.4) is 0 Å². The number of nitrogens with zero attached hydrogens (tertiary/aromatic N) is 1. The molecule has 2 aromatic carbocycles. The van der Waals surface area contributed by atoms with Gasteiger partial charge >= 0.3 is 0 Å². The second-order valence-corrected chi connectivity index (χ2v) is 6.08. The standard InChI is InChI=1S/C20H15ClFN3O2/c21-17-7-2-1-4-14(17)12-24-20(27)18-10-13(8-9-23-18)19(26)25-16-6-3-5-15(22)11-16/h1-11H,12H2,(H,24,27)(H,25,26). The third kappa shape index (κ3) is 4.89. The van der Waals surface area contributed by atoms with Crippen molar-refractivity contribution in [2.75, 3.05) is 5.32 Å². The van der Waals surface area contributed by atoms with Crippen LogP contribution < -0.4 is 10.6 Å². The molecular weight excluding hydrogens is 369 g/mol. The number of carbonyl (C=O) groups is 2. The average Bonchev–Trinajstić information content (AvgIpc) is 2.67. The summed E-state index contributed by atoms with van der Waals surface area (Å²) in [5.41, 5.74) is 1.42. The molecule has 1 aromatic heterocycles. The number of aromatic nitrogens is 1. The van der Waals surface area contributed by atoms with Crippen LogP contribution in [0.1, 0.15) is 26.4 Å². The van der Waals surface area contributed by atoms with Gasteiger partial charge in [0.2, 0.25) is 0 Å². The van der Waals surface area contributed by atoms with Crippen molar-refractivity contribution in [2.24, 2.45) is 0 Å². The second-order valence-electron chi connectivity index (χ2n) is 5.67. The highest BCUT2D eigenvalue weighted by Gasteiger charge is 2.13. The zero-order chi connectivity index (χ0) is 19.2. The summed E-state index contributed by atoms with van der Waals surface area (Å²) in [6, 6.07) is 15.6. The Morgan fingerprint density at radius 3 is 2.59 bits per heavy atom. The summed E-state index contributed by atoms with van der Waals surface area (Å²) < 4.78 is 13.2. The molecule has 0 saturated carbocycles. The number of benzene rings is 2. The third-order valence-corrected chi connectivity index (χ3v) is 4.10. The van der Waals surface area contributed by atoms with Gasteiger partial charge in [-0.3, -0.25) is 14.6 Å². The molecule has 0 saturated heterocycles. The van der Waals surface area contributed by atoms with Crippen molar-refractivity contribution in [3.8, 4) is 0 Å². The number of rotatable bonds is 5. The Hall–Kier alpha value is -3.25. The molecule has 3 rings (SSSR count). The van der Waals surface area contributed by atoms with Gasteiger partial charge < -0.3 is 10.6 Å². The van der Waals surface area contributed by atoms with Crippen molar-refractivity contribution in [3.63, 3.8) is 0 Å². The number of amides is 2. The molecule has 0 aliphatic carbocycles. The smallest absolute Gasteiger partial charge is 0.270 e. The van der Waals surface area contributed by atoms with Crippen molar-refractivity contribution >= 4 is 29.1 Å². The Morgan fingerprint density at radius 1 is 1.00 bits per heavy atom. The molecule has 0 spiro atoms. The minimum absolute atomic E-state index is 0.0916. The maximum Gasteiger partial charge on any atom is 0.270 e. The first-order valence-electron chi connectivity index (χ1n) is 8.07. The lowest BCUT2D eigenvalue weighted by molar-refractivity contribution is 0.0946. The van der Waals surface area contributed by atoms with Crippen LogP contribution in [0.15, 0.2) is 66.9 Å². The molecule has 0 atom stereocenters. The van der Waals surface area contributed by atoms with Crippen LogP contribution in [-0.2, 0) is 6.54 Å². The molecule has 27 heavy (non-hydrogen) atoms. The number of hydrogen-bond donors (Lipinski definition) is 2. The van der Waals surface area contributed by atoms with Gasteiger partial charge in [0, 0.05) is 29.0 Å². The van der Waals surface area contributed by atoms with Gasteiger partial charge in [0.1, 0.15) is 11.5 Å². The molecule has 0 aliphatic heterocycles. The van der Waals surface area contributed by atoms with E-state index in [1.807, 2.05) is 6.07 Å². The normalized spacial score (nSPS) is 10.3. The van der Waals surface area contributed by atoms with Gasteiger partial charge in [-0.05, 0) is 42.0 Å². The molecule has 0 bridgehead atoms. The number of hydrogen-bond acceptors (Lipinski definition) is 3. The lowest BCUT2D eigenvalue weighted by Crippen LogP contribution is -2.24. The fraction of sp³-hybridized carbons (Fsp3) is 0.0500. The van der Waals surface area contributed by atoms with Gasteiger partial charge in [-0.2, -0.15) is 0 Å². The quantitative estimate of drug-likeness (QED) is 0.698. The molecular formula is C20H15ClFN3O2. The van der Waals surface area contributed by atoms with E-state index in [1.165, 1.54) is 36.5 Å². The van der Waals surface area contributed by atoms with Gasteiger partial charge in [-0.15, -0.1) is 0 Å². The van der Waals surface area contributed by atoms with Crippen LogP contribution in [-0.4, -0.2) is 16.8 Å². The lowest BCUT2D eigenvalue weighted by Gasteiger charge is -2.08. The summed E-state index contributed by atoms with van der Waals surface area (Å²) in [5.74, 6) is -1.36. The van der Waals surface area contributed by atoms with E-state index >= 15 is 0 Å². The minimum Gasteiger partial charge on any atom is -0.347 e. The highest BCUT2D eigenvalue weighted by atomic mass is 35.5. The van der Waals surface area contributed by atoms with E-state index in [9.17, 15) is 14.0 Å². The summed E-state index contributed by atoms with van der Waals surface area (Å²) in [7, 11) is 0. The van der Waals surface area contributed by atoms with Gasteiger partial charge in [-0.25, -0.2) is 4.39 Å². The van der Waals surface area contributed by atoms with Crippen LogP contribution in [0.4, 0.5) is 10.1 Å². The summed E-state index contributed by atoms with van der Waals surface area (Å²) in [5, 5.41) is 5.84. The van der Waals surface area contributed by atoms with E-state index in [1.54, 1.807) is 24.3 Å². The SMILES string of the molecule is O=C(Nc1cccc(F)c1)c1ccnc(C(=O)NCc2ccccc2Cl)c1. The van der Waals surface area contributed by atoms with Crippen LogP contribution >= 0.6 is 11.6 Å². The maximum absolute atomic E-state index is 13.2. The van der Waals surface area contributed by atoms with Gasteiger partial charge in [0.15, 0.2) is 0 Å². The van der Waals surface area contributed by atoms with E-state index in [4.69, 9.17) is 11.6 Å². The number of pyridine rings is 1. The van der Waals surface area contributed by atoms with Crippen molar-refractivity contribution in [3.05, 3.63) is 94.5 Å². The summed E-state index contributed by atoms with van der Waals surface area (Å²) in [6.07, 6.45) is 1.37. The topological polar surface area (TPSA) is 71.1 Å². The Balaban J connectivity index is 1.68. The highest BCUT2D eigenvalue weighted by Crippen LogP contribution is 2.15. The minimum atomic E-state index is -0.469. The van der Waals surface area contributed by atoms with Crippen molar-refractivity contribution in [1.29, 1.82) is 0 Å². The number of nitrogens with one attached hydrogen (secondary N) is 2. The number of anilines is 1. The molecule has 7 heteroatoms. The molecule has 2 amide bonds. The van der Waals surface area contributed by atoms with Gasteiger partial charge in [0.25, 0.3) is 11.8 Å². The van der Waals surface area contributed by atoms with Crippen molar-refractivity contribution in [2.45, 2.75) is 6.54 Å². The third-order valence-electron chi connectivity index (χ3n) is 3.73. The van der Waals surface area contributed by atoms with Crippen LogP contribution in [0.5, 0.6) is 0 Å². The van der Waals surface area contributed by atoms with Crippen LogP contribution in [0.25, 0.3) is 0 Å². The lowest BCUT2D eigenvalue weighted by atomic mass is 10.2.